The molecular weight excluding hydrogens is 160 g/mol. The van der Waals surface area contributed by atoms with Gasteiger partial charge in [-0.2, -0.15) is 0 Å². The largest absolute Gasteiger partial charge is 0.399 e. The van der Waals surface area contributed by atoms with E-state index in [1.54, 1.807) is 0 Å². The van der Waals surface area contributed by atoms with Gasteiger partial charge in [0.25, 0.3) is 0 Å². The van der Waals surface area contributed by atoms with Crippen LogP contribution < -0.4 is 5.73 Å². The molecule has 0 fully saturated rings. The Morgan fingerprint density at radius 2 is 2.23 bits per heavy atom. The molecule has 0 radical (unpaired) electrons. The Kier molecular flexibility index (Phi) is 3.62. The normalized spacial score (nSPS) is 18.3. The zero-order chi connectivity index (χ0) is 9.68. The van der Waals surface area contributed by atoms with Crippen molar-refractivity contribution in [2.24, 2.45) is 5.73 Å². The molecule has 1 aliphatic heterocycles. The van der Waals surface area contributed by atoms with E-state index in [1.165, 1.54) is 12.8 Å². The van der Waals surface area contributed by atoms with Crippen LogP contribution in [0.1, 0.15) is 26.7 Å². The molecule has 2 heteroatoms. The second-order valence-corrected chi connectivity index (χ2v) is 3.41. The lowest BCUT2D eigenvalue weighted by Crippen LogP contribution is -2.22. The lowest BCUT2D eigenvalue weighted by molar-refractivity contribution is 0.366. The van der Waals surface area contributed by atoms with E-state index in [1.807, 2.05) is 24.4 Å². The van der Waals surface area contributed by atoms with Gasteiger partial charge in [-0.05, 0) is 31.6 Å². The number of hydrogen-bond acceptors (Lipinski definition) is 2. The summed E-state index contributed by atoms with van der Waals surface area (Å²) in [4.78, 5) is 2.19. The van der Waals surface area contributed by atoms with E-state index in [4.69, 9.17) is 5.73 Å². The van der Waals surface area contributed by atoms with Gasteiger partial charge in [0, 0.05) is 24.1 Å². The highest BCUT2D eigenvalue weighted by molar-refractivity contribution is 5.23. The summed E-state index contributed by atoms with van der Waals surface area (Å²) < 4.78 is 0. The van der Waals surface area contributed by atoms with Crippen LogP contribution in [0.25, 0.3) is 0 Å². The van der Waals surface area contributed by atoms with E-state index in [2.05, 4.69) is 24.9 Å². The molecule has 0 aromatic rings. The monoisotopic (exact) mass is 178 g/mol. The highest BCUT2D eigenvalue weighted by atomic mass is 15.1. The SMILES string of the molecule is CCCC(C)N1C=CC=C(N)C=C1. The third-order valence-corrected chi connectivity index (χ3v) is 2.20. The third kappa shape index (κ3) is 2.98. The summed E-state index contributed by atoms with van der Waals surface area (Å²) in [6.45, 7) is 4.42. The first-order valence-electron chi connectivity index (χ1n) is 4.83. The molecule has 0 saturated carbocycles. The number of nitrogens with two attached hydrogens (primary N) is 1. The predicted octanol–water partition coefficient (Wildman–Crippen LogP) is 2.36. The maximum atomic E-state index is 5.67. The predicted molar refractivity (Wildman–Crippen MR) is 56.8 cm³/mol. The van der Waals surface area contributed by atoms with Crippen LogP contribution in [0.4, 0.5) is 0 Å². The average Bonchev–Trinajstić information content (AvgIpc) is 2.30. The molecule has 0 aliphatic carbocycles. The van der Waals surface area contributed by atoms with Crippen LogP contribution in [0, 0.1) is 0 Å². The Hall–Kier alpha value is -1.18. The van der Waals surface area contributed by atoms with Gasteiger partial charge < -0.3 is 10.6 Å². The molecule has 1 unspecified atom stereocenters. The number of nitrogens with zero attached hydrogens (tertiary/aromatic N) is 1. The highest BCUT2D eigenvalue weighted by Crippen LogP contribution is 2.10. The average molecular weight is 178 g/mol. The summed E-state index contributed by atoms with van der Waals surface area (Å²) in [5, 5.41) is 0. The second kappa shape index (κ2) is 4.75. The molecule has 0 aromatic heterocycles. The van der Waals surface area contributed by atoms with Crippen molar-refractivity contribution in [2.45, 2.75) is 32.7 Å². The molecular formula is C11H18N2. The van der Waals surface area contributed by atoms with Gasteiger partial charge in [0.15, 0.2) is 0 Å². The van der Waals surface area contributed by atoms with Crippen molar-refractivity contribution in [3.8, 4) is 0 Å². The minimum atomic E-state index is 0.553. The lowest BCUT2D eigenvalue weighted by atomic mass is 10.2. The molecule has 0 saturated heterocycles. The first-order chi connectivity index (χ1) is 6.24. The molecule has 0 amide bonds. The van der Waals surface area contributed by atoms with Crippen molar-refractivity contribution in [3.05, 3.63) is 36.3 Å². The summed E-state index contributed by atoms with van der Waals surface area (Å²) in [6, 6.07) is 0.553. The van der Waals surface area contributed by atoms with Crippen LogP contribution in [-0.4, -0.2) is 10.9 Å². The van der Waals surface area contributed by atoms with Crippen LogP contribution in [0.15, 0.2) is 36.3 Å². The minimum Gasteiger partial charge on any atom is -0.399 e. The zero-order valence-corrected chi connectivity index (χ0v) is 8.40. The fourth-order valence-electron chi connectivity index (χ4n) is 1.39. The molecule has 13 heavy (non-hydrogen) atoms. The van der Waals surface area contributed by atoms with Crippen molar-refractivity contribution in [3.63, 3.8) is 0 Å². The zero-order valence-electron chi connectivity index (χ0n) is 8.40. The third-order valence-electron chi connectivity index (χ3n) is 2.20. The Morgan fingerprint density at radius 3 is 2.92 bits per heavy atom. The van der Waals surface area contributed by atoms with Gasteiger partial charge >= 0.3 is 0 Å². The summed E-state index contributed by atoms with van der Waals surface area (Å²) in [5.74, 6) is 0. The molecule has 0 spiro atoms. The smallest absolute Gasteiger partial charge is 0.0329 e. The molecule has 2 N–H and O–H groups in total. The molecule has 1 aliphatic rings. The highest BCUT2D eigenvalue weighted by Gasteiger charge is 2.06. The van der Waals surface area contributed by atoms with Gasteiger partial charge in [0.2, 0.25) is 0 Å². The maximum Gasteiger partial charge on any atom is 0.0329 e. The van der Waals surface area contributed by atoms with Crippen LogP contribution in [0.2, 0.25) is 0 Å². The Labute approximate surface area is 80.4 Å². The van der Waals surface area contributed by atoms with Crippen molar-refractivity contribution >= 4 is 0 Å². The number of rotatable bonds is 3. The Bertz CT molecular complexity index is 238. The van der Waals surface area contributed by atoms with E-state index >= 15 is 0 Å². The van der Waals surface area contributed by atoms with Gasteiger partial charge in [-0.1, -0.05) is 13.3 Å². The van der Waals surface area contributed by atoms with Gasteiger partial charge in [-0.25, -0.2) is 0 Å². The second-order valence-electron chi connectivity index (χ2n) is 3.41. The molecule has 0 bridgehead atoms. The van der Waals surface area contributed by atoms with Gasteiger partial charge in [-0.3, -0.25) is 0 Å². The first-order valence-corrected chi connectivity index (χ1v) is 4.83. The van der Waals surface area contributed by atoms with Crippen molar-refractivity contribution in [2.75, 3.05) is 0 Å². The standard InChI is InChI=1S/C11H18N2/c1-3-5-10(2)13-8-4-6-11(12)7-9-13/h4,6-10H,3,5,12H2,1-2H3. The minimum absolute atomic E-state index is 0.553. The molecule has 1 heterocycles. The van der Waals surface area contributed by atoms with Crippen LogP contribution in [0.3, 0.4) is 0 Å². The van der Waals surface area contributed by atoms with Crippen LogP contribution in [0.5, 0.6) is 0 Å². The molecule has 2 nitrogen and oxygen atoms in total. The number of hydrogen-bond donors (Lipinski definition) is 1. The summed E-state index contributed by atoms with van der Waals surface area (Å²) in [7, 11) is 0. The first kappa shape index (κ1) is 9.90. The molecule has 72 valence electrons. The summed E-state index contributed by atoms with van der Waals surface area (Å²) >= 11 is 0. The van der Waals surface area contributed by atoms with Crippen molar-refractivity contribution < 1.29 is 0 Å². The van der Waals surface area contributed by atoms with E-state index in [9.17, 15) is 0 Å². The maximum absolute atomic E-state index is 5.67. The van der Waals surface area contributed by atoms with E-state index in [0.717, 1.165) is 5.70 Å². The topological polar surface area (TPSA) is 29.3 Å². The lowest BCUT2D eigenvalue weighted by Gasteiger charge is -2.22. The van der Waals surface area contributed by atoms with Gasteiger partial charge in [0.05, 0.1) is 0 Å². The summed E-state index contributed by atoms with van der Waals surface area (Å²) in [5.41, 5.74) is 6.48. The fourth-order valence-corrected chi connectivity index (χ4v) is 1.39. The van der Waals surface area contributed by atoms with Gasteiger partial charge in [0.1, 0.15) is 0 Å². The van der Waals surface area contributed by atoms with Crippen molar-refractivity contribution in [1.82, 2.24) is 4.90 Å². The van der Waals surface area contributed by atoms with Crippen LogP contribution in [-0.2, 0) is 0 Å². The summed E-state index contributed by atoms with van der Waals surface area (Å²) in [6.07, 6.45) is 12.4. The van der Waals surface area contributed by atoms with Gasteiger partial charge in [-0.15, -0.1) is 0 Å². The number of allylic oxidation sites excluding steroid dienone is 3. The van der Waals surface area contributed by atoms with Crippen molar-refractivity contribution in [1.29, 1.82) is 0 Å². The molecule has 1 atom stereocenters. The Morgan fingerprint density at radius 1 is 1.46 bits per heavy atom. The molecule has 0 aromatic carbocycles. The fraction of sp³-hybridized carbons (Fsp3) is 0.455. The van der Waals surface area contributed by atoms with Crippen LogP contribution >= 0.6 is 0 Å². The Balaban J connectivity index is 2.59. The van der Waals surface area contributed by atoms with E-state index in [0.29, 0.717) is 6.04 Å². The van der Waals surface area contributed by atoms with E-state index in [-0.39, 0.29) is 0 Å². The molecule has 1 rings (SSSR count). The van der Waals surface area contributed by atoms with E-state index < -0.39 is 0 Å². The quantitative estimate of drug-likeness (QED) is 0.719.